The molecular formula is C26H30F2N3O9PS. The van der Waals surface area contributed by atoms with Gasteiger partial charge in [0.15, 0.2) is 11.8 Å². The molecule has 0 aliphatic carbocycles. The third-order valence-corrected chi connectivity index (χ3v) is 8.90. The van der Waals surface area contributed by atoms with Gasteiger partial charge >= 0.3 is 18.3 Å². The highest BCUT2D eigenvalue weighted by molar-refractivity contribution is 8.09. The second-order valence-corrected chi connectivity index (χ2v) is 13.0. The van der Waals surface area contributed by atoms with E-state index in [0.29, 0.717) is 9.95 Å². The van der Waals surface area contributed by atoms with Crippen LogP contribution in [-0.4, -0.2) is 68.7 Å². The first kappa shape index (κ1) is 31.9. The van der Waals surface area contributed by atoms with Gasteiger partial charge in [-0.05, 0) is 44.0 Å². The molecule has 6 unspecified atom stereocenters. The zero-order chi connectivity index (χ0) is 30.8. The average molecular weight is 630 g/mol. The molecule has 1 aromatic heterocycles. The van der Waals surface area contributed by atoms with E-state index >= 15 is 0 Å². The molecule has 0 bridgehead atoms. The lowest BCUT2D eigenvalue weighted by atomic mass is 9.96. The van der Waals surface area contributed by atoms with E-state index in [9.17, 15) is 33.4 Å². The third-order valence-electron chi connectivity index (χ3n) is 6.44. The van der Waals surface area contributed by atoms with Gasteiger partial charge in [0.2, 0.25) is 0 Å². The topological polar surface area (TPSA) is 161 Å². The molecule has 2 heterocycles. The van der Waals surface area contributed by atoms with Crippen molar-refractivity contribution < 1.29 is 42.3 Å². The lowest BCUT2D eigenvalue weighted by Gasteiger charge is -2.34. The highest BCUT2D eigenvalue weighted by atomic mass is 32.5. The van der Waals surface area contributed by atoms with Crippen LogP contribution in [0.25, 0.3) is 10.8 Å². The quantitative estimate of drug-likeness (QED) is 0.182. The first-order valence-corrected chi connectivity index (χ1v) is 15.4. The summed E-state index contributed by atoms with van der Waals surface area (Å²) in [4.78, 5) is 38.2. The predicted molar refractivity (Wildman–Crippen MR) is 151 cm³/mol. The summed E-state index contributed by atoms with van der Waals surface area (Å²) in [6, 6.07) is 12.0. The van der Waals surface area contributed by atoms with Crippen molar-refractivity contribution in [3.05, 3.63) is 75.6 Å². The molecule has 3 aromatic rings. The van der Waals surface area contributed by atoms with Gasteiger partial charge in [-0.2, -0.15) is 0 Å². The number of hydrogen-bond donors (Lipinski definition) is 4. The van der Waals surface area contributed by atoms with Crippen LogP contribution in [0.2, 0.25) is 0 Å². The first-order chi connectivity index (χ1) is 19.8. The van der Waals surface area contributed by atoms with E-state index in [1.54, 1.807) is 38.1 Å². The summed E-state index contributed by atoms with van der Waals surface area (Å²) in [7, 11) is 0. The molecule has 42 heavy (non-hydrogen) atoms. The Morgan fingerprint density at radius 3 is 2.52 bits per heavy atom. The minimum atomic E-state index is -3.93. The van der Waals surface area contributed by atoms with Gasteiger partial charge in [-0.1, -0.05) is 36.4 Å². The van der Waals surface area contributed by atoms with Crippen molar-refractivity contribution in [2.45, 2.75) is 63.4 Å². The van der Waals surface area contributed by atoms with Crippen LogP contribution in [0.4, 0.5) is 8.78 Å². The highest BCUT2D eigenvalue weighted by Crippen LogP contribution is 2.50. The number of aromatic amines is 1. The lowest BCUT2D eigenvalue weighted by Crippen LogP contribution is -2.53. The number of hydrogen-bond acceptors (Lipinski definition) is 10. The number of alkyl halides is 2. The van der Waals surface area contributed by atoms with Gasteiger partial charge in [-0.3, -0.25) is 19.1 Å². The van der Waals surface area contributed by atoms with Gasteiger partial charge in [-0.15, -0.1) is 0 Å². The number of aliphatic hydroxyl groups is 2. The van der Waals surface area contributed by atoms with E-state index in [0.717, 1.165) is 17.6 Å². The summed E-state index contributed by atoms with van der Waals surface area (Å²) in [6.07, 6.45) is -9.11. The van der Waals surface area contributed by atoms with Crippen molar-refractivity contribution in [2.75, 3.05) is 6.61 Å². The van der Waals surface area contributed by atoms with Crippen molar-refractivity contribution in [3.8, 4) is 5.75 Å². The Morgan fingerprint density at radius 1 is 1.17 bits per heavy atom. The summed E-state index contributed by atoms with van der Waals surface area (Å²) >= 11 is 5.66. The Labute approximate surface area is 243 Å². The van der Waals surface area contributed by atoms with E-state index < -0.39 is 73.1 Å². The zero-order valence-electron chi connectivity index (χ0n) is 22.7. The molecule has 12 nitrogen and oxygen atoms in total. The number of fused-ring (bicyclic) bond motifs is 1. The van der Waals surface area contributed by atoms with Crippen molar-refractivity contribution in [2.24, 2.45) is 0 Å². The SMILES string of the molecule is CC(C)OC(=O)C(C)NP(=S)(OCC1(C(F)F)OC(n2ccc(=O)[nH]c2=O)C(O)C1O)Oc1cccc2ccccc12. The summed E-state index contributed by atoms with van der Waals surface area (Å²) in [5.41, 5.74) is -4.72. The smallest absolute Gasteiger partial charge is 0.330 e. The Bertz CT molecular complexity index is 1600. The fourth-order valence-corrected chi connectivity index (χ4v) is 6.75. The molecule has 228 valence electrons. The molecule has 16 heteroatoms. The van der Waals surface area contributed by atoms with Gasteiger partial charge in [0.1, 0.15) is 24.0 Å². The maximum atomic E-state index is 14.6. The number of benzene rings is 2. The molecule has 1 aliphatic rings. The van der Waals surface area contributed by atoms with Crippen LogP contribution in [0.3, 0.4) is 0 Å². The Hall–Kier alpha value is -3.04. The second kappa shape index (κ2) is 12.7. The highest BCUT2D eigenvalue weighted by Gasteiger charge is 2.61. The Morgan fingerprint density at radius 2 is 1.86 bits per heavy atom. The largest absolute Gasteiger partial charge is 0.462 e. The summed E-state index contributed by atoms with van der Waals surface area (Å²) in [5, 5.41) is 25.5. The van der Waals surface area contributed by atoms with Crippen molar-refractivity contribution in [1.82, 2.24) is 14.6 Å². The number of carbonyl (C=O) groups excluding carboxylic acids is 1. The Balaban J connectivity index is 1.68. The van der Waals surface area contributed by atoms with Gasteiger partial charge < -0.3 is 28.7 Å². The average Bonchev–Trinajstić information content (AvgIpc) is 3.18. The van der Waals surface area contributed by atoms with Gasteiger partial charge in [0.05, 0.1) is 12.7 Å². The van der Waals surface area contributed by atoms with Crippen LogP contribution in [0.5, 0.6) is 5.75 Å². The maximum absolute atomic E-state index is 14.6. The normalized spacial score (nSPS) is 24.5. The molecule has 1 saturated heterocycles. The molecule has 6 atom stereocenters. The predicted octanol–water partition coefficient (Wildman–Crippen LogP) is 2.19. The standard InChI is InChI=1S/C26H30F2N3O9PS/c1-14(2)38-23(35)15(3)30-41(42,40-18-10-6-8-16-7-4-5-9-17(16)18)37-13-26(24(27)28)21(34)20(33)22(39-26)31-12-11-19(32)29-25(31)36/h4-12,14-15,20-22,24,33-34H,13H2,1-3H3,(H,30,42)(H,29,32,36). The van der Waals surface area contributed by atoms with Crippen LogP contribution < -0.4 is 20.9 Å². The van der Waals surface area contributed by atoms with E-state index in [-0.39, 0.29) is 5.75 Å². The molecule has 0 saturated carbocycles. The molecule has 1 aliphatic heterocycles. The van der Waals surface area contributed by atoms with Crippen LogP contribution >= 0.6 is 6.64 Å². The van der Waals surface area contributed by atoms with Crippen LogP contribution in [-0.2, 0) is 30.6 Å². The zero-order valence-corrected chi connectivity index (χ0v) is 24.4. The number of rotatable bonds is 11. The fraction of sp³-hybridized carbons (Fsp3) is 0.423. The van der Waals surface area contributed by atoms with E-state index in [1.807, 2.05) is 23.2 Å². The van der Waals surface area contributed by atoms with Crippen molar-refractivity contribution >= 4 is 35.2 Å². The van der Waals surface area contributed by atoms with Crippen LogP contribution in [0, 0.1) is 0 Å². The number of ether oxygens (including phenoxy) is 2. The lowest BCUT2D eigenvalue weighted by molar-refractivity contribution is -0.192. The number of nitrogens with zero attached hydrogens (tertiary/aromatic N) is 1. The van der Waals surface area contributed by atoms with Gasteiger partial charge in [-0.25, -0.2) is 18.7 Å². The summed E-state index contributed by atoms with van der Waals surface area (Å²) in [5.74, 6) is -0.483. The molecule has 4 rings (SSSR count). The summed E-state index contributed by atoms with van der Waals surface area (Å²) < 4.78 is 52.4. The minimum absolute atomic E-state index is 0.227. The van der Waals surface area contributed by atoms with E-state index in [1.165, 1.54) is 6.92 Å². The molecule has 0 amide bonds. The number of H-pyrrole nitrogens is 1. The maximum Gasteiger partial charge on any atom is 0.330 e. The number of aliphatic hydroxyl groups excluding tert-OH is 2. The molecular weight excluding hydrogens is 599 g/mol. The molecule has 4 N–H and O–H groups in total. The number of halogens is 2. The fourth-order valence-electron chi connectivity index (χ4n) is 4.33. The number of esters is 1. The second-order valence-electron chi connectivity index (χ2n) is 9.89. The minimum Gasteiger partial charge on any atom is -0.462 e. The van der Waals surface area contributed by atoms with Gasteiger partial charge in [0, 0.05) is 17.6 Å². The molecule has 0 radical (unpaired) electrons. The first-order valence-electron chi connectivity index (χ1n) is 12.8. The summed E-state index contributed by atoms with van der Waals surface area (Å²) in [6.45, 7) is -0.343. The monoisotopic (exact) mass is 629 g/mol. The number of carbonyl (C=O) groups is 1. The molecule has 0 spiro atoms. The molecule has 2 aromatic carbocycles. The van der Waals surface area contributed by atoms with Gasteiger partial charge in [0.25, 0.3) is 12.0 Å². The van der Waals surface area contributed by atoms with Crippen LogP contribution in [0.15, 0.2) is 64.3 Å². The third kappa shape index (κ3) is 6.62. The van der Waals surface area contributed by atoms with Crippen LogP contribution in [0.1, 0.15) is 27.0 Å². The van der Waals surface area contributed by atoms with Crippen molar-refractivity contribution in [3.63, 3.8) is 0 Å². The molecule has 1 fully saturated rings. The Kier molecular flexibility index (Phi) is 9.62. The number of aromatic nitrogens is 2. The van der Waals surface area contributed by atoms with E-state index in [4.69, 9.17) is 30.3 Å². The van der Waals surface area contributed by atoms with Crippen molar-refractivity contribution in [1.29, 1.82) is 0 Å². The van der Waals surface area contributed by atoms with E-state index in [2.05, 4.69) is 5.09 Å². The number of nitrogens with one attached hydrogen (secondary N) is 2.